The monoisotopic (exact) mass is 452 g/mol. The predicted molar refractivity (Wildman–Crippen MR) is 104 cm³/mol. The van der Waals surface area contributed by atoms with Crippen LogP contribution in [0, 0.1) is 0 Å². The van der Waals surface area contributed by atoms with Gasteiger partial charge in [0.05, 0.1) is 17.0 Å². The summed E-state index contributed by atoms with van der Waals surface area (Å²) in [5.41, 5.74) is 2.02. The number of hydrogen-bond donors (Lipinski definition) is 0. The molecule has 27 heavy (non-hydrogen) atoms. The normalized spacial score (nSPS) is 13.3. The third kappa shape index (κ3) is 4.19. The Hall–Kier alpha value is -2.26. The van der Waals surface area contributed by atoms with E-state index in [0.29, 0.717) is 28.7 Å². The van der Waals surface area contributed by atoms with Gasteiger partial charge in [-0.3, -0.25) is 14.1 Å². The van der Waals surface area contributed by atoms with Gasteiger partial charge < -0.3 is 4.74 Å². The van der Waals surface area contributed by atoms with Gasteiger partial charge in [-0.2, -0.15) is 0 Å². The number of esters is 1. The van der Waals surface area contributed by atoms with Crippen molar-refractivity contribution in [3.63, 3.8) is 0 Å². The molecule has 0 unspecified atom stereocenters. The molecule has 142 valence electrons. The Kier molecular flexibility index (Phi) is 5.61. The van der Waals surface area contributed by atoms with E-state index in [4.69, 9.17) is 4.74 Å². The maximum Gasteiger partial charge on any atom is 0.340 e. The number of carbonyl (C=O) groups is 2. The number of Topliss-reactive ketones (excluding diaryl/α,β-unsaturated/α-hetero) is 1. The van der Waals surface area contributed by atoms with Crippen molar-refractivity contribution in [3.8, 4) is 0 Å². The molecule has 2 aromatic rings. The molecule has 1 aliphatic rings. The molecule has 0 aliphatic carbocycles. The molecule has 0 bridgehead atoms. The van der Waals surface area contributed by atoms with Crippen LogP contribution in [0.4, 0.5) is 5.69 Å². The number of ether oxygens (including phenoxy) is 1. The Morgan fingerprint density at radius 1 is 1.22 bits per heavy atom. The van der Waals surface area contributed by atoms with Crippen LogP contribution < -0.4 is 4.31 Å². The van der Waals surface area contributed by atoms with Crippen molar-refractivity contribution in [2.24, 2.45) is 0 Å². The summed E-state index contributed by atoms with van der Waals surface area (Å²) in [7, 11) is -3.33. The quantitative estimate of drug-likeness (QED) is 0.493. The lowest BCUT2D eigenvalue weighted by Crippen LogP contribution is -2.30. The summed E-state index contributed by atoms with van der Waals surface area (Å²) in [6.07, 6.45) is 3.43. The second kappa shape index (κ2) is 7.77. The van der Waals surface area contributed by atoms with Crippen molar-refractivity contribution in [1.82, 2.24) is 4.98 Å². The minimum absolute atomic E-state index is 0.0214. The van der Waals surface area contributed by atoms with Crippen LogP contribution in [-0.4, -0.2) is 44.1 Å². The van der Waals surface area contributed by atoms with Crippen molar-refractivity contribution in [3.05, 3.63) is 57.8 Å². The third-order valence-corrected chi connectivity index (χ3v) is 6.44. The first kappa shape index (κ1) is 19.5. The molecule has 2 heterocycles. The molecule has 9 heteroatoms. The van der Waals surface area contributed by atoms with E-state index >= 15 is 0 Å². The zero-order chi connectivity index (χ0) is 19.6. The van der Waals surface area contributed by atoms with Crippen LogP contribution in [0.3, 0.4) is 0 Å². The van der Waals surface area contributed by atoms with Gasteiger partial charge in [-0.05, 0) is 59.1 Å². The second-order valence-corrected chi connectivity index (χ2v) is 9.05. The molecule has 0 amide bonds. The first-order chi connectivity index (χ1) is 12.8. The fourth-order valence-electron chi connectivity index (χ4n) is 2.81. The molecule has 0 saturated carbocycles. The topological polar surface area (TPSA) is 93.6 Å². The standard InChI is InChI=1S/C18H17BrN2O5S/c1-2-27(24,25)21-6-5-12-7-13(3-4-16(12)21)17(22)11-26-18(23)14-8-15(19)10-20-9-14/h3-4,7-10H,2,5-6,11H2,1H3. The molecule has 0 spiro atoms. The van der Waals surface area contributed by atoms with Gasteiger partial charge in [0, 0.05) is 29.0 Å². The summed E-state index contributed by atoms with van der Waals surface area (Å²) in [6.45, 7) is 1.56. The first-order valence-electron chi connectivity index (χ1n) is 8.26. The van der Waals surface area contributed by atoms with E-state index in [1.165, 1.54) is 16.7 Å². The number of benzene rings is 1. The summed E-state index contributed by atoms with van der Waals surface area (Å²) in [4.78, 5) is 28.2. The van der Waals surface area contributed by atoms with E-state index in [1.807, 2.05) is 0 Å². The molecule has 0 radical (unpaired) electrons. The highest BCUT2D eigenvalue weighted by Crippen LogP contribution is 2.31. The van der Waals surface area contributed by atoms with Crippen LogP contribution in [0.5, 0.6) is 0 Å². The molecular weight excluding hydrogens is 436 g/mol. The zero-order valence-electron chi connectivity index (χ0n) is 14.5. The smallest absolute Gasteiger partial charge is 0.340 e. The lowest BCUT2D eigenvalue weighted by atomic mass is 10.1. The highest BCUT2D eigenvalue weighted by atomic mass is 79.9. The molecule has 0 atom stereocenters. The van der Waals surface area contributed by atoms with E-state index in [0.717, 1.165) is 5.56 Å². The number of aromatic nitrogens is 1. The number of hydrogen-bond acceptors (Lipinski definition) is 6. The van der Waals surface area contributed by atoms with E-state index in [-0.39, 0.29) is 17.1 Å². The Balaban J connectivity index is 1.69. The fraction of sp³-hybridized carbons (Fsp3) is 0.278. The van der Waals surface area contributed by atoms with Crippen molar-refractivity contribution >= 4 is 43.4 Å². The Morgan fingerprint density at radius 2 is 2.00 bits per heavy atom. The van der Waals surface area contributed by atoms with Gasteiger partial charge >= 0.3 is 5.97 Å². The molecule has 7 nitrogen and oxygen atoms in total. The molecule has 1 aliphatic heterocycles. The molecule has 3 rings (SSSR count). The lowest BCUT2D eigenvalue weighted by Gasteiger charge is -2.18. The van der Waals surface area contributed by atoms with E-state index in [9.17, 15) is 18.0 Å². The van der Waals surface area contributed by atoms with Crippen molar-refractivity contribution in [2.75, 3.05) is 23.2 Å². The van der Waals surface area contributed by atoms with Crippen LogP contribution >= 0.6 is 15.9 Å². The molecule has 0 N–H and O–H groups in total. The molecule has 1 aromatic heterocycles. The van der Waals surface area contributed by atoms with Crippen molar-refractivity contribution in [1.29, 1.82) is 0 Å². The average molecular weight is 453 g/mol. The first-order valence-corrected chi connectivity index (χ1v) is 10.7. The van der Waals surface area contributed by atoms with Crippen molar-refractivity contribution in [2.45, 2.75) is 13.3 Å². The Labute approximate surface area is 165 Å². The molecule has 0 saturated heterocycles. The number of ketones is 1. The number of pyridine rings is 1. The average Bonchev–Trinajstić information content (AvgIpc) is 3.09. The third-order valence-electron chi connectivity index (χ3n) is 4.23. The van der Waals surface area contributed by atoms with Gasteiger partial charge in [0.2, 0.25) is 10.0 Å². The highest BCUT2D eigenvalue weighted by Gasteiger charge is 2.28. The van der Waals surface area contributed by atoms with Crippen LogP contribution in [0.1, 0.15) is 33.2 Å². The number of halogens is 1. The number of anilines is 1. The summed E-state index contributed by atoms with van der Waals surface area (Å²) in [5.74, 6) is -0.975. The minimum Gasteiger partial charge on any atom is -0.454 e. The number of nitrogens with zero attached hydrogens (tertiary/aromatic N) is 2. The van der Waals surface area contributed by atoms with Crippen molar-refractivity contribution < 1.29 is 22.7 Å². The lowest BCUT2D eigenvalue weighted by molar-refractivity contribution is 0.0474. The summed E-state index contributed by atoms with van der Waals surface area (Å²) in [6, 6.07) is 6.40. The SMILES string of the molecule is CCS(=O)(=O)N1CCc2cc(C(=O)COC(=O)c3cncc(Br)c3)ccc21. The summed E-state index contributed by atoms with van der Waals surface area (Å²) >= 11 is 3.22. The van der Waals surface area contributed by atoms with Gasteiger partial charge in [-0.25, -0.2) is 13.2 Å². The highest BCUT2D eigenvalue weighted by molar-refractivity contribution is 9.10. The van der Waals surface area contributed by atoms with Gasteiger partial charge in [0.1, 0.15) is 0 Å². The Bertz CT molecular complexity index is 1010. The van der Waals surface area contributed by atoms with Crippen LogP contribution in [0.2, 0.25) is 0 Å². The number of sulfonamides is 1. The molecule has 1 aromatic carbocycles. The predicted octanol–water partition coefficient (Wildman–Crippen LogP) is 2.60. The molecule has 0 fully saturated rings. The fourth-order valence-corrected chi connectivity index (χ4v) is 4.33. The summed E-state index contributed by atoms with van der Waals surface area (Å²) < 4.78 is 31.3. The van der Waals surface area contributed by atoms with E-state index < -0.39 is 22.6 Å². The minimum atomic E-state index is -3.33. The van der Waals surface area contributed by atoms with Gasteiger partial charge in [-0.15, -0.1) is 0 Å². The Morgan fingerprint density at radius 3 is 2.70 bits per heavy atom. The van der Waals surface area contributed by atoms with Crippen LogP contribution in [0.15, 0.2) is 41.1 Å². The molecular formula is C18H17BrN2O5S. The number of rotatable bonds is 6. The van der Waals surface area contributed by atoms with E-state index in [2.05, 4.69) is 20.9 Å². The maximum atomic E-state index is 12.3. The maximum absolute atomic E-state index is 12.3. The van der Waals surface area contributed by atoms with Gasteiger partial charge in [-0.1, -0.05) is 0 Å². The largest absolute Gasteiger partial charge is 0.454 e. The van der Waals surface area contributed by atoms with E-state index in [1.54, 1.807) is 31.2 Å². The summed E-state index contributed by atoms with van der Waals surface area (Å²) in [5, 5.41) is 0. The van der Waals surface area contributed by atoms with Gasteiger partial charge in [0.15, 0.2) is 12.4 Å². The van der Waals surface area contributed by atoms with Crippen LogP contribution in [0.25, 0.3) is 0 Å². The van der Waals surface area contributed by atoms with Crippen LogP contribution in [-0.2, 0) is 21.2 Å². The zero-order valence-corrected chi connectivity index (χ0v) is 16.9. The number of carbonyl (C=O) groups excluding carboxylic acids is 2. The number of fused-ring (bicyclic) bond motifs is 1. The second-order valence-electron chi connectivity index (χ2n) is 5.96. The van der Waals surface area contributed by atoms with Gasteiger partial charge in [0.25, 0.3) is 0 Å².